The molecule has 0 aliphatic rings. The van der Waals surface area contributed by atoms with Crippen molar-refractivity contribution in [3.05, 3.63) is 97.2 Å². The maximum atomic E-state index is 12.9. The second-order valence-corrected chi connectivity index (χ2v) is 21.3. The molecule has 0 saturated carbocycles. The minimum Gasteiger partial charge on any atom is -0.462 e. The number of ether oxygens (including phenoxy) is 3. The smallest absolute Gasteiger partial charge is 0.306 e. The summed E-state index contributed by atoms with van der Waals surface area (Å²) in [4.78, 5) is 38.2. The Labute approximate surface area is 470 Å². The van der Waals surface area contributed by atoms with Gasteiger partial charge in [0, 0.05) is 19.3 Å². The molecule has 6 heteroatoms. The lowest BCUT2D eigenvalue weighted by Gasteiger charge is -2.18. The average Bonchev–Trinajstić information content (AvgIpc) is 3.42. The van der Waals surface area contributed by atoms with Gasteiger partial charge in [0.15, 0.2) is 6.10 Å². The van der Waals surface area contributed by atoms with Crippen LogP contribution in [-0.2, 0) is 28.6 Å². The Balaban J connectivity index is 4.19. The highest BCUT2D eigenvalue weighted by atomic mass is 16.6. The van der Waals surface area contributed by atoms with Crippen molar-refractivity contribution < 1.29 is 28.6 Å². The summed E-state index contributed by atoms with van der Waals surface area (Å²) in [5.74, 6) is -0.898. The molecule has 6 nitrogen and oxygen atoms in total. The summed E-state index contributed by atoms with van der Waals surface area (Å²) >= 11 is 0. The number of hydrogen-bond acceptors (Lipinski definition) is 6. The van der Waals surface area contributed by atoms with Crippen LogP contribution in [0.2, 0.25) is 0 Å². The minimum atomic E-state index is -0.787. The zero-order valence-electron chi connectivity index (χ0n) is 50.0. The first-order valence-corrected chi connectivity index (χ1v) is 32.2. The van der Waals surface area contributed by atoms with Crippen molar-refractivity contribution in [3.8, 4) is 0 Å². The van der Waals surface area contributed by atoms with Gasteiger partial charge in [-0.05, 0) is 116 Å². The van der Waals surface area contributed by atoms with Gasteiger partial charge in [0.2, 0.25) is 0 Å². The third-order valence-electron chi connectivity index (χ3n) is 13.8. The van der Waals surface area contributed by atoms with Crippen LogP contribution in [0.15, 0.2) is 97.2 Å². The van der Waals surface area contributed by atoms with E-state index in [9.17, 15) is 14.4 Å². The fourth-order valence-corrected chi connectivity index (χ4v) is 8.97. The second-order valence-electron chi connectivity index (χ2n) is 21.3. The van der Waals surface area contributed by atoms with E-state index in [0.29, 0.717) is 19.3 Å². The number of allylic oxidation sites excluding steroid dienone is 16. The summed E-state index contributed by atoms with van der Waals surface area (Å²) in [6.45, 7) is 6.45. The molecule has 0 radical (unpaired) electrons. The van der Waals surface area contributed by atoms with Crippen LogP contribution in [-0.4, -0.2) is 37.2 Å². The molecule has 1 unspecified atom stereocenters. The van der Waals surface area contributed by atoms with Crippen molar-refractivity contribution in [1.82, 2.24) is 0 Å². The molecule has 0 aromatic rings. The van der Waals surface area contributed by atoms with Crippen molar-refractivity contribution in [2.75, 3.05) is 13.2 Å². The number of unbranched alkanes of at least 4 members (excludes halogenated alkanes) is 31. The molecule has 0 rings (SSSR count). The molecule has 0 aromatic carbocycles. The molecule has 0 heterocycles. The van der Waals surface area contributed by atoms with E-state index in [1.165, 1.54) is 141 Å². The van der Waals surface area contributed by atoms with Gasteiger partial charge in [-0.15, -0.1) is 0 Å². The molecule has 0 saturated heterocycles. The van der Waals surface area contributed by atoms with Gasteiger partial charge < -0.3 is 14.2 Å². The lowest BCUT2D eigenvalue weighted by molar-refractivity contribution is -0.167. The fraction of sp³-hybridized carbons (Fsp3) is 0.729. The predicted molar refractivity (Wildman–Crippen MR) is 330 cm³/mol. The Morgan fingerprint density at radius 2 is 0.539 bits per heavy atom. The van der Waals surface area contributed by atoms with Crippen LogP contribution in [0.4, 0.5) is 0 Å². The van der Waals surface area contributed by atoms with Crippen molar-refractivity contribution in [3.63, 3.8) is 0 Å². The molecule has 0 spiro atoms. The maximum Gasteiger partial charge on any atom is 0.306 e. The van der Waals surface area contributed by atoms with E-state index in [4.69, 9.17) is 14.2 Å². The standard InChI is InChI=1S/C70H120O6/c1-4-7-10-13-16-19-22-25-27-28-29-30-31-32-33-34-35-36-37-38-39-40-41-42-43-46-48-51-54-57-60-63-69(72)75-66-67(65-74-68(71)62-59-56-53-50-47-44-24-21-18-15-12-9-6-3)76-70(73)64-61-58-55-52-49-45-26-23-20-17-14-11-8-5-2/h7,10,12,15-16,19,21,23-27,29-30,32-33,67H,4-6,8-9,11,13-14,17-18,20,22,28,31,34-66H2,1-3H3/b10-7-,15-12-,19-16-,24-21-,26-23-,27-25-,30-29-,33-32-. The van der Waals surface area contributed by atoms with Crippen LogP contribution in [0.1, 0.15) is 310 Å². The van der Waals surface area contributed by atoms with Crippen LogP contribution in [0.5, 0.6) is 0 Å². The SMILES string of the molecule is CC/C=C\C/C=C\C/C=C\C/C=C\C/C=C\CCCCCCCCCCCCCCCCCC(=O)OCC(COC(=O)CCCCCCC/C=C\C/C=C\CCC)OC(=O)CCCCCCC/C=C\CCCCCCC. The molecule has 0 amide bonds. The zero-order chi connectivity index (χ0) is 55.0. The van der Waals surface area contributed by atoms with Gasteiger partial charge in [-0.1, -0.05) is 272 Å². The third-order valence-corrected chi connectivity index (χ3v) is 13.8. The van der Waals surface area contributed by atoms with E-state index in [2.05, 4.69) is 118 Å². The monoisotopic (exact) mass is 1060 g/mol. The Bertz CT molecular complexity index is 1490. The van der Waals surface area contributed by atoms with Crippen molar-refractivity contribution in [2.24, 2.45) is 0 Å². The molecule has 0 aromatic heterocycles. The van der Waals surface area contributed by atoms with Crippen LogP contribution >= 0.6 is 0 Å². The second kappa shape index (κ2) is 63.9. The molecule has 0 bridgehead atoms. The number of carbonyl (C=O) groups is 3. The number of carbonyl (C=O) groups excluding carboxylic acids is 3. The lowest BCUT2D eigenvalue weighted by atomic mass is 10.0. The lowest BCUT2D eigenvalue weighted by Crippen LogP contribution is -2.30. The van der Waals surface area contributed by atoms with E-state index in [0.717, 1.165) is 128 Å². The maximum absolute atomic E-state index is 12.9. The third kappa shape index (κ3) is 61.2. The highest BCUT2D eigenvalue weighted by molar-refractivity contribution is 5.71. The van der Waals surface area contributed by atoms with Gasteiger partial charge in [-0.2, -0.15) is 0 Å². The van der Waals surface area contributed by atoms with Crippen molar-refractivity contribution in [1.29, 1.82) is 0 Å². The van der Waals surface area contributed by atoms with Crippen LogP contribution in [0, 0.1) is 0 Å². The molecule has 76 heavy (non-hydrogen) atoms. The molecule has 436 valence electrons. The Kier molecular flexibility index (Phi) is 60.8. The number of rotatable bonds is 58. The first kappa shape index (κ1) is 72.3. The molecule has 0 aliphatic heterocycles. The molecular weight excluding hydrogens is 937 g/mol. The van der Waals surface area contributed by atoms with Gasteiger partial charge >= 0.3 is 17.9 Å². The predicted octanol–water partition coefficient (Wildman–Crippen LogP) is 22.0. The Morgan fingerprint density at radius 3 is 0.868 bits per heavy atom. The first-order valence-electron chi connectivity index (χ1n) is 32.2. The largest absolute Gasteiger partial charge is 0.462 e. The molecular formula is C70H120O6. The minimum absolute atomic E-state index is 0.0833. The van der Waals surface area contributed by atoms with Gasteiger partial charge in [0.25, 0.3) is 0 Å². The molecule has 0 fully saturated rings. The van der Waals surface area contributed by atoms with Gasteiger partial charge in [0.05, 0.1) is 0 Å². The van der Waals surface area contributed by atoms with E-state index >= 15 is 0 Å². The summed E-state index contributed by atoms with van der Waals surface area (Å²) in [5.41, 5.74) is 0. The quantitative estimate of drug-likeness (QED) is 0.0261. The Morgan fingerprint density at radius 1 is 0.276 bits per heavy atom. The molecule has 1 atom stereocenters. The van der Waals surface area contributed by atoms with Gasteiger partial charge in [0.1, 0.15) is 13.2 Å². The van der Waals surface area contributed by atoms with E-state index < -0.39 is 6.10 Å². The summed E-state index contributed by atoms with van der Waals surface area (Å²) in [6, 6.07) is 0. The number of hydrogen-bond donors (Lipinski definition) is 0. The molecule has 0 aliphatic carbocycles. The zero-order valence-corrected chi connectivity index (χ0v) is 50.0. The highest BCUT2D eigenvalue weighted by Crippen LogP contribution is 2.16. The topological polar surface area (TPSA) is 78.9 Å². The number of esters is 3. The highest BCUT2D eigenvalue weighted by Gasteiger charge is 2.19. The van der Waals surface area contributed by atoms with Gasteiger partial charge in [-0.3, -0.25) is 14.4 Å². The summed E-state index contributed by atoms with van der Waals surface area (Å²) in [6.07, 6.45) is 85.7. The van der Waals surface area contributed by atoms with Crippen LogP contribution < -0.4 is 0 Å². The summed E-state index contributed by atoms with van der Waals surface area (Å²) in [7, 11) is 0. The summed E-state index contributed by atoms with van der Waals surface area (Å²) in [5, 5.41) is 0. The summed E-state index contributed by atoms with van der Waals surface area (Å²) < 4.78 is 16.9. The van der Waals surface area contributed by atoms with Crippen molar-refractivity contribution >= 4 is 17.9 Å². The molecule has 0 N–H and O–H groups in total. The van der Waals surface area contributed by atoms with Gasteiger partial charge in [-0.25, -0.2) is 0 Å². The van der Waals surface area contributed by atoms with E-state index in [1.54, 1.807) is 0 Å². The fourth-order valence-electron chi connectivity index (χ4n) is 8.97. The first-order chi connectivity index (χ1) is 37.5. The average molecular weight is 1060 g/mol. The van der Waals surface area contributed by atoms with Crippen molar-refractivity contribution in [2.45, 2.75) is 316 Å². The van der Waals surface area contributed by atoms with Crippen LogP contribution in [0.3, 0.4) is 0 Å². The van der Waals surface area contributed by atoms with Crippen LogP contribution in [0.25, 0.3) is 0 Å². The van der Waals surface area contributed by atoms with E-state index in [-0.39, 0.29) is 31.1 Å². The Hall–Kier alpha value is -3.67. The van der Waals surface area contributed by atoms with E-state index in [1.807, 2.05) is 0 Å². The normalized spacial score (nSPS) is 12.7.